The van der Waals surface area contributed by atoms with Crippen LogP contribution in [0.1, 0.15) is 22.5 Å². The molecule has 1 N–H and O–H groups in total. The van der Waals surface area contributed by atoms with Crippen molar-refractivity contribution in [3.8, 4) is 0 Å². The van der Waals surface area contributed by atoms with Gasteiger partial charge in [-0.15, -0.1) is 0 Å². The number of carboxylic acids is 1. The summed E-state index contributed by atoms with van der Waals surface area (Å²) in [4.78, 5) is 26.4. The maximum atomic E-state index is 13.1. The Morgan fingerprint density at radius 3 is 2.74 bits per heavy atom. The summed E-state index contributed by atoms with van der Waals surface area (Å²) in [5, 5.41) is 12.5. The van der Waals surface area contributed by atoms with Crippen molar-refractivity contribution in [1.82, 2.24) is 4.90 Å². The van der Waals surface area contributed by atoms with Gasteiger partial charge in [-0.25, -0.2) is 0 Å². The lowest BCUT2D eigenvalue weighted by Gasteiger charge is -2.23. The molecule has 0 saturated carbocycles. The Morgan fingerprint density at radius 2 is 2.00 bits per heavy atom. The fourth-order valence-corrected chi connectivity index (χ4v) is 3.97. The van der Waals surface area contributed by atoms with Gasteiger partial charge in [0.25, 0.3) is 5.91 Å². The number of hydrogen-bond donors (Lipinski definition) is 1. The van der Waals surface area contributed by atoms with Gasteiger partial charge in [0.15, 0.2) is 5.76 Å². The number of furan rings is 1. The quantitative estimate of drug-likeness (QED) is 0.764. The first-order valence-corrected chi connectivity index (χ1v) is 8.89. The molecule has 1 unspecified atom stereocenters. The number of methoxy groups -OCH3 is 1. The number of fused-ring (bicyclic) bond motifs is 3. The number of nitrogens with zero attached hydrogens (tertiary/aromatic N) is 1. The van der Waals surface area contributed by atoms with Gasteiger partial charge < -0.3 is 19.2 Å². The van der Waals surface area contributed by atoms with Crippen molar-refractivity contribution in [2.24, 2.45) is 5.41 Å². The fourth-order valence-electron chi connectivity index (χ4n) is 3.97. The Kier molecular flexibility index (Phi) is 4.15. The summed E-state index contributed by atoms with van der Waals surface area (Å²) in [5.41, 5.74) is 0.409. The van der Waals surface area contributed by atoms with Crippen LogP contribution >= 0.6 is 0 Å². The topological polar surface area (TPSA) is 80.0 Å². The summed E-state index contributed by atoms with van der Waals surface area (Å²) in [6, 6.07) is 11.8. The van der Waals surface area contributed by atoms with Gasteiger partial charge in [0.2, 0.25) is 0 Å². The predicted octanol–water partition coefficient (Wildman–Crippen LogP) is 3.46. The number of hydrogen-bond acceptors (Lipinski definition) is 4. The summed E-state index contributed by atoms with van der Waals surface area (Å²) >= 11 is 0. The molecule has 27 heavy (non-hydrogen) atoms. The van der Waals surface area contributed by atoms with Crippen molar-refractivity contribution < 1.29 is 23.8 Å². The molecule has 1 aromatic heterocycles. The molecule has 140 valence electrons. The number of aryl methyl sites for hydroxylation is 1. The molecule has 4 rings (SSSR count). The number of aliphatic carboxylic acids is 1. The van der Waals surface area contributed by atoms with Crippen LogP contribution in [0.25, 0.3) is 21.7 Å². The summed E-state index contributed by atoms with van der Waals surface area (Å²) in [5.74, 6) is -0.932. The van der Waals surface area contributed by atoms with Crippen molar-refractivity contribution in [2.45, 2.75) is 13.3 Å². The van der Waals surface area contributed by atoms with Gasteiger partial charge in [-0.3, -0.25) is 9.59 Å². The van der Waals surface area contributed by atoms with Crippen LogP contribution in [0.15, 0.2) is 40.8 Å². The molecule has 1 aliphatic heterocycles. The molecule has 0 aliphatic carbocycles. The lowest BCUT2D eigenvalue weighted by Crippen LogP contribution is -2.40. The second kappa shape index (κ2) is 6.39. The van der Waals surface area contributed by atoms with Crippen LogP contribution in [0.2, 0.25) is 0 Å². The molecule has 1 amide bonds. The van der Waals surface area contributed by atoms with E-state index in [4.69, 9.17) is 9.15 Å². The average molecular weight is 367 g/mol. The largest absolute Gasteiger partial charge is 0.481 e. The van der Waals surface area contributed by atoms with Gasteiger partial charge in [0.05, 0.1) is 6.61 Å². The Balaban J connectivity index is 1.72. The van der Waals surface area contributed by atoms with E-state index in [9.17, 15) is 14.7 Å². The minimum absolute atomic E-state index is 0.0792. The number of ether oxygens (including phenoxy) is 1. The first-order chi connectivity index (χ1) is 13.0. The minimum Gasteiger partial charge on any atom is -0.481 e. The van der Waals surface area contributed by atoms with Crippen LogP contribution < -0.4 is 0 Å². The lowest BCUT2D eigenvalue weighted by atomic mass is 9.88. The monoisotopic (exact) mass is 367 g/mol. The number of carboxylic acid groups (broad SMARTS) is 1. The maximum Gasteiger partial charge on any atom is 0.313 e. The molecule has 1 saturated heterocycles. The molecule has 3 aromatic rings. The van der Waals surface area contributed by atoms with Crippen LogP contribution in [-0.2, 0) is 9.53 Å². The molecule has 6 nitrogen and oxygen atoms in total. The lowest BCUT2D eigenvalue weighted by molar-refractivity contribution is -0.151. The Morgan fingerprint density at radius 1 is 1.22 bits per heavy atom. The third-order valence-corrected chi connectivity index (χ3v) is 5.54. The van der Waals surface area contributed by atoms with Crippen LogP contribution in [0.4, 0.5) is 0 Å². The predicted molar refractivity (Wildman–Crippen MR) is 101 cm³/mol. The number of carbonyl (C=O) groups excluding carboxylic acids is 1. The summed E-state index contributed by atoms with van der Waals surface area (Å²) < 4.78 is 11.1. The normalized spacial score (nSPS) is 19.9. The third kappa shape index (κ3) is 2.68. The van der Waals surface area contributed by atoms with E-state index in [-0.39, 0.29) is 24.8 Å². The number of carbonyl (C=O) groups is 2. The Hall–Kier alpha value is -2.86. The molecule has 6 heteroatoms. The molecular formula is C21H21NO5. The molecule has 0 bridgehead atoms. The first-order valence-electron chi connectivity index (χ1n) is 8.89. The smallest absolute Gasteiger partial charge is 0.313 e. The molecule has 0 spiro atoms. The van der Waals surface area contributed by atoms with E-state index in [0.29, 0.717) is 18.5 Å². The minimum atomic E-state index is -1.06. The SMILES string of the molecule is COCC1(C(=O)O)CCN(C(=O)c2oc3c(ccc4ccccc43)c2C)C1. The number of amides is 1. The van der Waals surface area contributed by atoms with E-state index >= 15 is 0 Å². The summed E-state index contributed by atoms with van der Waals surface area (Å²) in [6.45, 7) is 2.43. The van der Waals surface area contributed by atoms with Gasteiger partial charge >= 0.3 is 5.97 Å². The number of rotatable bonds is 4. The highest BCUT2D eigenvalue weighted by molar-refractivity contribution is 6.09. The highest BCUT2D eigenvalue weighted by atomic mass is 16.5. The van der Waals surface area contributed by atoms with Crippen molar-refractivity contribution in [2.75, 3.05) is 26.8 Å². The Labute approximate surface area is 156 Å². The van der Waals surface area contributed by atoms with E-state index in [0.717, 1.165) is 21.7 Å². The van der Waals surface area contributed by atoms with Crippen LogP contribution in [-0.4, -0.2) is 48.7 Å². The van der Waals surface area contributed by atoms with E-state index in [1.54, 1.807) is 4.90 Å². The highest BCUT2D eigenvalue weighted by Crippen LogP contribution is 2.35. The molecule has 2 heterocycles. The second-order valence-corrected chi connectivity index (χ2v) is 7.21. The summed E-state index contributed by atoms with van der Waals surface area (Å²) in [6.07, 6.45) is 0.365. The van der Waals surface area contributed by atoms with Crippen LogP contribution in [0.3, 0.4) is 0 Å². The Bertz CT molecular complexity index is 1050. The van der Waals surface area contributed by atoms with Crippen molar-refractivity contribution in [3.05, 3.63) is 47.7 Å². The van der Waals surface area contributed by atoms with Crippen molar-refractivity contribution >= 4 is 33.6 Å². The van der Waals surface area contributed by atoms with Crippen LogP contribution in [0.5, 0.6) is 0 Å². The van der Waals surface area contributed by atoms with Gasteiger partial charge in [-0.1, -0.05) is 36.4 Å². The standard InChI is InChI=1S/C21H21NO5/c1-13-15-8-7-14-5-3-4-6-16(14)18(15)27-17(13)19(23)22-10-9-21(11-22,12-26-2)20(24)25/h3-8H,9-12H2,1-2H3,(H,24,25). The van der Waals surface area contributed by atoms with Crippen LogP contribution in [0, 0.1) is 12.3 Å². The maximum absolute atomic E-state index is 13.1. The van der Waals surface area contributed by atoms with E-state index < -0.39 is 11.4 Å². The second-order valence-electron chi connectivity index (χ2n) is 7.21. The number of likely N-dealkylation sites (tertiary alicyclic amines) is 1. The zero-order chi connectivity index (χ0) is 19.2. The van der Waals surface area contributed by atoms with Gasteiger partial charge in [0.1, 0.15) is 11.0 Å². The van der Waals surface area contributed by atoms with Crippen molar-refractivity contribution in [1.29, 1.82) is 0 Å². The van der Waals surface area contributed by atoms with E-state index in [1.807, 2.05) is 43.3 Å². The zero-order valence-corrected chi connectivity index (χ0v) is 15.3. The van der Waals surface area contributed by atoms with Gasteiger partial charge in [-0.05, 0) is 18.7 Å². The molecule has 0 radical (unpaired) electrons. The molecular weight excluding hydrogens is 346 g/mol. The molecule has 1 atom stereocenters. The number of benzene rings is 2. The molecule has 1 fully saturated rings. The molecule has 2 aromatic carbocycles. The van der Waals surface area contributed by atoms with E-state index in [2.05, 4.69) is 0 Å². The first kappa shape index (κ1) is 17.5. The van der Waals surface area contributed by atoms with Crippen molar-refractivity contribution in [3.63, 3.8) is 0 Å². The zero-order valence-electron chi connectivity index (χ0n) is 15.3. The summed E-state index contributed by atoms with van der Waals surface area (Å²) in [7, 11) is 1.48. The fraction of sp³-hybridized carbons (Fsp3) is 0.333. The van der Waals surface area contributed by atoms with Gasteiger partial charge in [0, 0.05) is 36.5 Å². The van der Waals surface area contributed by atoms with Gasteiger partial charge in [-0.2, -0.15) is 0 Å². The van der Waals surface area contributed by atoms with E-state index in [1.165, 1.54) is 7.11 Å². The average Bonchev–Trinajstić information content (AvgIpc) is 3.24. The third-order valence-electron chi connectivity index (χ3n) is 5.54. The highest BCUT2D eigenvalue weighted by Gasteiger charge is 2.47. The molecule has 1 aliphatic rings.